The molecular weight excluding hydrogens is 221 g/mol. The number of hydrogen-bond acceptors (Lipinski definition) is 5. The van der Waals surface area contributed by atoms with Gasteiger partial charge in [-0.1, -0.05) is 0 Å². The van der Waals surface area contributed by atoms with Crippen LogP contribution in [0.1, 0.15) is 40.0 Å². The molecule has 1 fully saturated rings. The van der Waals surface area contributed by atoms with Crippen molar-refractivity contribution in [2.75, 3.05) is 6.54 Å². The molecule has 0 radical (unpaired) electrons. The van der Waals surface area contributed by atoms with E-state index in [0.29, 0.717) is 13.0 Å². The number of nitrogens with two attached hydrogens (primary N) is 1. The van der Waals surface area contributed by atoms with Gasteiger partial charge in [-0.3, -0.25) is 4.79 Å². The molecule has 1 aliphatic rings. The average molecular weight is 243 g/mol. The van der Waals surface area contributed by atoms with E-state index in [1.54, 1.807) is 0 Å². The minimum absolute atomic E-state index is 0.0983. The summed E-state index contributed by atoms with van der Waals surface area (Å²) < 4.78 is 16.0. The van der Waals surface area contributed by atoms with Crippen LogP contribution in [-0.4, -0.2) is 38.0 Å². The Morgan fingerprint density at radius 2 is 2.06 bits per heavy atom. The Kier molecular flexibility index (Phi) is 5.43. The fourth-order valence-corrected chi connectivity index (χ4v) is 1.76. The Morgan fingerprint density at radius 1 is 1.41 bits per heavy atom. The van der Waals surface area contributed by atoms with Gasteiger partial charge in [0.05, 0.1) is 12.5 Å². The van der Waals surface area contributed by atoms with Gasteiger partial charge in [0.2, 0.25) is 0 Å². The van der Waals surface area contributed by atoms with E-state index in [-0.39, 0.29) is 32.3 Å². The van der Waals surface area contributed by atoms with Gasteiger partial charge in [-0.15, -0.1) is 0 Å². The predicted octanol–water partition coefficient (Wildman–Crippen LogP) is 0.508. The van der Waals surface area contributed by atoms with E-state index in [1.165, 1.54) is 0 Å². The molecule has 1 rings (SSSR count). The van der Waals surface area contributed by atoms with Crippen molar-refractivity contribution in [3.8, 4) is 0 Å². The third-order valence-electron chi connectivity index (χ3n) is 2.44. The number of esters is 1. The molecule has 0 aromatic rings. The SMILES string of the molecule is CC(C)(C)OC(=O)CC1C[C@@H](CCN)OBO1. The van der Waals surface area contributed by atoms with Crippen molar-refractivity contribution in [2.24, 2.45) is 5.73 Å². The van der Waals surface area contributed by atoms with E-state index in [4.69, 9.17) is 19.8 Å². The van der Waals surface area contributed by atoms with Crippen molar-refractivity contribution >= 4 is 13.7 Å². The minimum Gasteiger partial charge on any atom is -0.460 e. The molecule has 1 saturated heterocycles. The normalized spacial score (nSPS) is 25.2. The molecule has 17 heavy (non-hydrogen) atoms. The van der Waals surface area contributed by atoms with Crippen LogP contribution in [0.25, 0.3) is 0 Å². The van der Waals surface area contributed by atoms with Gasteiger partial charge >= 0.3 is 13.7 Å². The molecule has 0 aliphatic carbocycles. The van der Waals surface area contributed by atoms with E-state index in [1.807, 2.05) is 20.8 Å². The lowest BCUT2D eigenvalue weighted by molar-refractivity contribution is -0.157. The first-order valence-electron chi connectivity index (χ1n) is 6.06. The van der Waals surface area contributed by atoms with E-state index in [0.717, 1.165) is 6.42 Å². The molecule has 2 atom stereocenters. The van der Waals surface area contributed by atoms with Gasteiger partial charge in [0.1, 0.15) is 5.60 Å². The molecule has 6 heteroatoms. The summed E-state index contributed by atoms with van der Waals surface area (Å²) in [5.41, 5.74) is 5.03. The first-order valence-corrected chi connectivity index (χ1v) is 6.06. The summed E-state index contributed by atoms with van der Waals surface area (Å²) in [6, 6.07) is 0. The fraction of sp³-hybridized carbons (Fsp3) is 0.909. The third kappa shape index (κ3) is 6.05. The van der Waals surface area contributed by atoms with Crippen molar-refractivity contribution in [3.63, 3.8) is 0 Å². The van der Waals surface area contributed by atoms with Crippen molar-refractivity contribution in [1.82, 2.24) is 0 Å². The van der Waals surface area contributed by atoms with E-state index < -0.39 is 5.60 Å². The molecule has 1 unspecified atom stereocenters. The van der Waals surface area contributed by atoms with Gasteiger partial charge in [-0.05, 0) is 40.2 Å². The Labute approximate surface area is 103 Å². The van der Waals surface area contributed by atoms with Crippen LogP contribution in [-0.2, 0) is 18.8 Å². The molecule has 0 amide bonds. The van der Waals surface area contributed by atoms with Gasteiger partial charge in [-0.25, -0.2) is 0 Å². The highest BCUT2D eigenvalue weighted by Gasteiger charge is 2.27. The first kappa shape index (κ1) is 14.5. The summed E-state index contributed by atoms with van der Waals surface area (Å²) in [6.45, 7) is 6.15. The van der Waals surface area contributed by atoms with Gasteiger partial charge in [-0.2, -0.15) is 0 Å². The van der Waals surface area contributed by atoms with Gasteiger partial charge in [0, 0.05) is 6.10 Å². The highest BCUT2D eigenvalue weighted by molar-refractivity contribution is 6.18. The van der Waals surface area contributed by atoms with Crippen LogP contribution in [0.5, 0.6) is 0 Å². The fourth-order valence-electron chi connectivity index (χ4n) is 1.76. The van der Waals surface area contributed by atoms with Crippen LogP contribution in [0.15, 0.2) is 0 Å². The number of ether oxygens (including phenoxy) is 1. The average Bonchev–Trinajstić information content (AvgIpc) is 2.15. The summed E-state index contributed by atoms with van der Waals surface area (Å²) >= 11 is 0. The molecule has 0 aromatic heterocycles. The maximum Gasteiger partial charge on any atom is 0.438 e. The van der Waals surface area contributed by atoms with Gasteiger partial charge in [0.25, 0.3) is 0 Å². The molecule has 1 heterocycles. The van der Waals surface area contributed by atoms with Crippen LogP contribution in [0.2, 0.25) is 0 Å². The van der Waals surface area contributed by atoms with Gasteiger partial charge < -0.3 is 19.8 Å². The summed E-state index contributed by atoms with van der Waals surface area (Å²) in [5, 5.41) is 0. The number of carbonyl (C=O) groups is 1. The molecule has 0 spiro atoms. The smallest absolute Gasteiger partial charge is 0.438 e. The maximum absolute atomic E-state index is 11.6. The van der Waals surface area contributed by atoms with Crippen molar-refractivity contribution in [2.45, 2.75) is 57.8 Å². The van der Waals surface area contributed by atoms with Crippen LogP contribution in [0.3, 0.4) is 0 Å². The monoisotopic (exact) mass is 243 g/mol. The van der Waals surface area contributed by atoms with Crippen LogP contribution in [0.4, 0.5) is 0 Å². The first-order chi connectivity index (χ1) is 7.90. The zero-order valence-corrected chi connectivity index (χ0v) is 10.9. The molecule has 2 N–H and O–H groups in total. The zero-order valence-electron chi connectivity index (χ0n) is 10.9. The molecule has 1 aliphatic heterocycles. The van der Waals surface area contributed by atoms with Crippen molar-refractivity contribution in [1.29, 1.82) is 0 Å². The number of carbonyl (C=O) groups excluding carboxylic acids is 1. The summed E-state index contributed by atoms with van der Waals surface area (Å²) in [4.78, 5) is 11.6. The lowest BCUT2D eigenvalue weighted by Gasteiger charge is -2.29. The standard InChI is InChI=1S/C11H22BNO4/c1-11(2,3)15-10(14)7-9-6-8(4-5-13)16-12-17-9/h8-9,12H,4-7,13H2,1-3H3/t8-,9?/m1/s1. The minimum atomic E-state index is -0.446. The van der Waals surface area contributed by atoms with Crippen molar-refractivity contribution < 1.29 is 18.8 Å². The van der Waals surface area contributed by atoms with E-state index in [2.05, 4.69) is 0 Å². The predicted molar refractivity (Wildman–Crippen MR) is 65.6 cm³/mol. The molecule has 0 bridgehead atoms. The lowest BCUT2D eigenvalue weighted by atomic mass is 10.0. The quantitative estimate of drug-likeness (QED) is 0.575. The van der Waals surface area contributed by atoms with Crippen molar-refractivity contribution in [3.05, 3.63) is 0 Å². The highest BCUT2D eigenvalue weighted by atomic mass is 16.6. The summed E-state index contributed by atoms with van der Waals surface area (Å²) in [6.07, 6.45) is 1.77. The van der Waals surface area contributed by atoms with Crippen LogP contribution in [0, 0.1) is 0 Å². The number of hydrogen-bond donors (Lipinski definition) is 1. The second-order valence-corrected chi connectivity index (χ2v) is 5.30. The van der Waals surface area contributed by atoms with E-state index in [9.17, 15) is 4.79 Å². The van der Waals surface area contributed by atoms with Crippen LogP contribution >= 0.6 is 0 Å². The lowest BCUT2D eigenvalue weighted by Crippen LogP contribution is -2.37. The highest BCUT2D eigenvalue weighted by Crippen LogP contribution is 2.19. The van der Waals surface area contributed by atoms with E-state index >= 15 is 0 Å². The zero-order chi connectivity index (χ0) is 12.9. The topological polar surface area (TPSA) is 70.8 Å². The Morgan fingerprint density at radius 3 is 2.65 bits per heavy atom. The molecule has 0 saturated carbocycles. The summed E-state index contributed by atoms with van der Waals surface area (Å²) in [5.74, 6) is -0.226. The Balaban J connectivity index is 2.33. The number of rotatable bonds is 4. The second-order valence-electron chi connectivity index (χ2n) is 5.30. The summed E-state index contributed by atoms with van der Waals surface area (Å²) in [7, 11) is 0.234. The molecule has 98 valence electrons. The van der Waals surface area contributed by atoms with Crippen LogP contribution < -0.4 is 5.73 Å². The second kappa shape index (κ2) is 6.38. The Hall–Kier alpha value is -0.585. The molecular formula is C11H22BNO4. The Bertz CT molecular complexity index is 252. The van der Waals surface area contributed by atoms with Gasteiger partial charge in [0.15, 0.2) is 0 Å². The molecule has 5 nitrogen and oxygen atoms in total. The molecule has 0 aromatic carbocycles. The maximum atomic E-state index is 11.6. The third-order valence-corrected chi connectivity index (χ3v) is 2.44. The largest absolute Gasteiger partial charge is 0.460 e.